The van der Waals surface area contributed by atoms with Crippen LogP contribution in [0.15, 0.2) is 6.20 Å². The number of amides is 2. The molecule has 1 aromatic heterocycles. The Labute approximate surface area is 148 Å². The highest BCUT2D eigenvalue weighted by atomic mass is 16.2. The van der Waals surface area contributed by atoms with E-state index in [0.717, 1.165) is 57.7 Å². The van der Waals surface area contributed by atoms with Gasteiger partial charge >= 0.3 is 6.03 Å². The fourth-order valence-corrected chi connectivity index (χ4v) is 4.37. The molecule has 3 aliphatic rings. The maximum atomic E-state index is 12.8. The Bertz CT molecular complexity index is 714. The molecule has 0 N–H and O–H groups in total. The Hall–Kier alpha value is -2.36. The molecule has 3 fully saturated rings. The van der Waals surface area contributed by atoms with Crippen molar-refractivity contribution >= 4 is 11.8 Å². The molecule has 4 heterocycles. The molecule has 3 aliphatic heterocycles. The van der Waals surface area contributed by atoms with Crippen molar-refractivity contribution in [3.8, 4) is 6.07 Å². The van der Waals surface area contributed by atoms with Crippen molar-refractivity contribution in [2.45, 2.75) is 51.1 Å². The number of urea groups is 1. The Morgan fingerprint density at radius 1 is 1.12 bits per heavy atom. The number of piperidine rings is 2. The van der Waals surface area contributed by atoms with Gasteiger partial charge < -0.3 is 14.7 Å². The molecule has 2 atom stereocenters. The molecule has 2 unspecified atom stereocenters. The van der Waals surface area contributed by atoms with Gasteiger partial charge in [-0.3, -0.25) is 0 Å². The summed E-state index contributed by atoms with van der Waals surface area (Å²) in [5, 5.41) is 9.02. The van der Waals surface area contributed by atoms with Gasteiger partial charge in [0.05, 0.1) is 24.0 Å². The number of carbonyl (C=O) groups is 1. The zero-order chi connectivity index (χ0) is 17.4. The van der Waals surface area contributed by atoms with Crippen LogP contribution in [0, 0.1) is 18.3 Å². The summed E-state index contributed by atoms with van der Waals surface area (Å²) in [7, 11) is 0. The van der Waals surface area contributed by atoms with Crippen LogP contribution in [-0.2, 0) is 0 Å². The summed E-state index contributed by atoms with van der Waals surface area (Å²) in [6, 6.07) is 2.93. The van der Waals surface area contributed by atoms with E-state index in [2.05, 4.69) is 30.7 Å². The Morgan fingerprint density at radius 2 is 1.92 bits per heavy atom. The number of aryl methyl sites for hydroxylation is 1. The van der Waals surface area contributed by atoms with Crippen LogP contribution < -0.4 is 4.90 Å². The van der Waals surface area contributed by atoms with Gasteiger partial charge in [-0.2, -0.15) is 5.26 Å². The summed E-state index contributed by atoms with van der Waals surface area (Å²) in [6.45, 7) is 5.32. The van der Waals surface area contributed by atoms with Crippen molar-refractivity contribution in [3.63, 3.8) is 0 Å². The van der Waals surface area contributed by atoms with Crippen molar-refractivity contribution in [2.24, 2.45) is 0 Å². The molecule has 0 radical (unpaired) electrons. The topological polar surface area (TPSA) is 76.4 Å². The lowest BCUT2D eigenvalue weighted by atomic mass is 10.0. The van der Waals surface area contributed by atoms with Crippen LogP contribution in [0.5, 0.6) is 0 Å². The van der Waals surface area contributed by atoms with Crippen LogP contribution >= 0.6 is 0 Å². The molecule has 2 amide bonds. The Morgan fingerprint density at radius 3 is 2.68 bits per heavy atom. The molecule has 4 rings (SSSR count). The zero-order valence-electron chi connectivity index (χ0n) is 14.7. The van der Waals surface area contributed by atoms with Gasteiger partial charge in [-0.15, -0.1) is 0 Å². The van der Waals surface area contributed by atoms with Crippen molar-refractivity contribution in [1.82, 2.24) is 19.8 Å². The predicted octanol–water partition coefficient (Wildman–Crippen LogP) is 1.92. The van der Waals surface area contributed by atoms with Gasteiger partial charge in [-0.1, -0.05) is 0 Å². The van der Waals surface area contributed by atoms with Crippen LogP contribution in [0.25, 0.3) is 0 Å². The molecule has 7 heteroatoms. The molecule has 0 aromatic carbocycles. The third kappa shape index (κ3) is 2.90. The Balaban J connectivity index is 1.49. The average Bonchev–Trinajstić information content (AvgIpc) is 2.99. The first kappa shape index (κ1) is 16.1. The van der Waals surface area contributed by atoms with Gasteiger partial charge in [0.1, 0.15) is 11.9 Å². The Kier molecular flexibility index (Phi) is 4.20. The third-order valence-electron chi connectivity index (χ3n) is 5.73. The number of aromatic nitrogens is 2. The summed E-state index contributed by atoms with van der Waals surface area (Å²) in [4.78, 5) is 27.9. The molecule has 25 heavy (non-hydrogen) atoms. The van der Waals surface area contributed by atoms with E-state index >= 15 is 0 Å². The summed E-state index contributed by atoms with van der Waals surface area (Å²) in [5.41, 5.74) is 1.04. The highest BCUT2D eigenvalue weighted by Gasteiger charge is 2.42. The first-order chi connectivity index (χ1) is 12.2. The van der Waals surface area contributed by atoms with Crippen molar-refractivity contribution in [1.29, 1.82) is 5.26 Å². The smallest absolute Gasteiger partial charge is 0.320 e. The monoisotopic (exact) mass is 340 g/mol. The molecule has 7 nitrogen and oxygen atoms in total. The summed E-state index contributed by atoms with van der Waals surface area (Å²) < 4.78 is 0. The molecule has 0 aliphatic carbocycles. The second-order valence-electron chi connectivity index (χ2n) is 7.29. The number of hydrogen-bond acceptors (Lipinski definition) is 5. The van der Waals surface area contributed by atoms with E-state index in [1.54, 1.807) is 6.20 Å². The number of hydrogen-bond donors (Lipinski definition) is 0. The largest absolute Gasteiger partial charge is 0.353 e. The predicted molar refractivity (Wildman–Crippen MR) is 93.2 cm³/mol. The van der Waals surface area contributed by atoms with E-state index < -0.39 is 0 Å². The molecular weight excluding hydrogens is 316 g/mol. The number of anilines is 1. The molecule has 3 saturated heterocycles. The zero-order valence-corrected chi connectivity index (χ0v) is 14.7. The van der Waals surface area contributed by atoms with Crippen LogP contribution in [0.4, 0.5) is 10.6 Å². The minimum absolute atomic E-state index is 0.221. The van der Waals surface area contributed by atoms with Crippen LogP contribution in [-0.4, -0.2) is 64.1 Å². The average molecular weight is 340 g/mol. The van der Waals surface area contributed by atoms with Crippen LogP contribution in [0.3, 0.4) is 0 Å². The molecule has 132 valence electrons. The van der Waals surface area contributed by atoms with Crippen molar-refractivity contribution in [3.05, 3.63) is 17.6 Å². The maximum absolute atomic E-state index is 12.8. The number of rotatable bonds is 2. The fourth-order valence-electron chi connectivity index (χ4n) is 4.37. The summed E-state index contributed by atoms with van der Waals surface area (Å²) >= 11 is 0. The summed E-state index contributed by atoms with van der Waals surface area (Å²) in [6.07, 6.45) is 7.28. The quantitative estimate of drug-likeness (QED) is 0.822. The molecule has 1 aromatic rings. The molecule has 0 saturated carbocycles. The van der Waals surface area contributed by atoms with Gasteiger partial charge in [0.25, 0.3) is 0 Å². The van der Waals surface area contributed by atoms with Gasteiger partial charge in [0.15, 0.2) is 5.69 Å². The lowest BCUT2D eigenvalue weighted by Gasteiger charge is -2.37. The minimum Gasteiger partial charge on any atom is -0.353 e. The number of nitriles is 1. The van der Waals surface area contributed by atoms with E-state index in [9.17, 15) is 4.79 Å². The van der Waals surface area contributed by atoms with Gasteiger partial charge in [0, 0.05) is 26.2 Å². The van der Waals surface area contributed by atoms with Gasteiger partial charge in [-0.05, 0) is 39.0 Å². The fraction of sp³-hybridized carbons (Fsp3) is 0.667. The van der Waals surface area contributed by atoms with Crippen LogP contribution in [0.2, 0.25) is 0 Å². The lowest BCUT2D eigenvalue weighted by Crippen LogP contribution is -2.49. The number of fused-ring (bicyclic) bond motifs is 1. The number of nitrogens with zero attached hydrogens (tertiary/aromatic N) is 6. The standard InChI is InChI=1S/C18H24N6O/c1-13-16(9-19)20-10-17(21-13)22-7-4-6-14(11-22)24-12-15-5-2-3-8-23(15)18(24)25/h10,14-15H,2-8,11-12H2,1H3. The highest BCUT2D eigenvalue weighted by molar-refractivity contribution is 5.78. The SMILES string of the molecule is Cc1nc(N2CCCC(N3CC4CCCCN4C3=O)C2)cnc1C#N. The van der Waals surface area contributed by atoms with Crippen LogP contribution in [0.1, 0.15) is 43.5 Å². The maximum Gasteiger partial charge on any atom is 0.320 e. The van der Waals surface area contributed by atoms with E-state index in [0.29, 0.717) is 17.4 Å². The van der Waals surface area contributed by atoms with Gasteiger partial charge in [-0.25, -0.2) is 14.8 Å². The van der Waals surface area contributed by atoms with Gasteiger partial charge in [0.2, 0.25) is 0 Å². The second-order valence-corrected chi connectivity index (χ2v) is 7.29. The third-order valence-corrected chi connectivity index (χ3v) is 5.73. The van der Waals surface area contributed by atoms with E-state index in [1.807, 2.05) is 6.92 Å². The van der Waals surface area contributed by atoms with Crippen molar-refractivity contribution in [2.75, 3.05) is 31.1 Å². The second kappa shape index (κ2) is 6.51. The van der Waals surface area contributed by atoms with E-state index in [4.69, 9.17) is 5.26 Å². The molecular formula is C18H24N6O. The van der Waals surface area contributed by atoms with Crippen molar-refractivity contribution < 1.29 is 4.79 Å². The molecule has 0 spiro atoms. The first-order valence-corrected chi connectivity index (χ1v) is 9.23. The van der Waals surface area contributed by atoms with E-state index in [1.165, 1.54) is 6.42 Å². The number of carbonyl (C=O) groups excluding carboxylic acids is 1. The minimum atomic E-state index is 0.221. The summed E-state index contributed by atoms with van der Waals surface area (Å²) in [5.74, 6) is 0.811. The first-order valence-electron chi connectivity index (χ1n) is 9.23. The highest BCUT2D eigenvalue weighted by Crippen LogP contribution is 2.30. The molecule has 0 bridgehead atoms. The van der Waals surface area contributed by atoms with E-state index in [-0.39, 0.29) is 12.1 Å². The lowest BCUT2D eigenvalue weighted by molar-refractivity contribution is 0.163. The normalized spacial score (nSPS) is 26.6.